The molecule has 1 heterocycles. The molecule has 1 aromatic heterocycles. The molecule has 0 aliphatic carbocycles. The van der Waals surface area contributed by atoms with Crippen molar-refractivity contribution in [2.45, 2.75) is 13.3 Å². The Morgan fingerprint density at radius 2 is 1.83 bits per heavy atom. The van der Waals surface area contributed by atoms with Crippen molar-refractivity contribution < 1.29 is 18.4 Å². The molecule has 0 spiro atoms. The van der Waals surface area contributed by atoms with E-state index in [9.17, 15) is 14.0 Å². The molecule has 0 bridgehead atoms. The van der Waals surface area contributed by atoms with Crippen LogP contribution in [0.4, 0.5) is 4.39 Å². The number of hydrogen-bond donors (Lipinski definition) is 2. The van der Waals surface area contributed by atoms with Crippen LogP contribution >= 0.6 is 0 Å². The van der Waals surface area contributed by atoms with Crippen molar-refractivity contribution in [3.05, 3.63) is 101 Å². The Labute approximate surface area is 168 Å². The highest BCUT2D eigenvalue weighted by Gasteiger charge is 2.15. The van der Waals surface area contributed by atoms with E-state index in [1.807, 2.05) is 0 Å². The van der Waals surface area contributed by atoms with E-state index in [-0.39, 0.29) is 18.1 Å². The zero-order valence-corrected chi connectivity index (χ0v) is 15.9. The van der Waals surface area contributed by atoms with Crippen LogP contribution in [0.1, 0.15) is 27.4 Å². The first-order valence-electron chi connectivity index (χ1n) is 9.18. The lowest BCUT2D eigenvalue weighted by molar-refractivity contribution is -0.117. The van der Waals surface area contributed by atoms with E-state index in [0.717, 1.165) is 5.56 Å². The first-order valence-corrected chi connectivity index (χ1v) is 9.18. The van der Waals surface area contributed by atoms with E-state index in [4.69, 9.17) is 4.42 Å². The lowest BCUT2D eigenvalue weighted by Gasteiger charge is -2.11. The first-order chi connectivity index (χ1) is 14.0. The van der Waals surface area contributed by atoms with Crippen LogP contribution in [0.15, 0.2) is 76.8 Å². The second-order valence-electron chi connectivity index (χ2n) is 6.46. The molecular weight excluding hydrogens is 371 g/mol. The normalized spacial score (nSPS) is 11.2. The van der Waals surface area contributed by atoms with Crippen molar-refractivity contribution in [1.29, 1.82) is 0 Å². The number of furan rings is 1. The summed E-state index contributed by atoms with van der Waals surface area (Å²) in [4.78, 5) is 25.2. The van der Waals surface area contributed by atoms with Gasteiger partial charge in [-0.3, -0.25) is 9.59 Å². The van der Waals surface area contributed by atoms with Crippen LogP contribution in [0.5, 0.6) is 0 Å². The maximum absolute atomic E-state index is 13.3. The van der Waals surface area contributed by atoms with Gasteiger partial charge in [-0.15, -0.1) is 0 Å². The fourth-order valence-corrected chi connectivity index (χ4v) is 2.72. The van der Waals surface area contributed by atoms with Gasteiger partial charge in [-0.05, 0) is 55.3 Å². The van der Waals surface area contributed by atoms with Crippen LogP contribution in [0.2, 0.25) is 0 Å². The molecule has 2 N–H and O–H groups in total. The Hall–Kier alpha value is -3.67. The van der Waals surface area contributed by atoms with E-state index in [2.05, 4.69) is 10.6 Å². The number of rotatable bonds is 7. The van der Waals surface area contributed by atoms with Gasteiger partial charge in [0.2, 0.25) is 0 Å². The van der Waals surface area contributed by atoms with Gasteiger partial charge in [0, 0.05) is 18.2 Å². The van der Waals surface area contributed by atoms with Gasteiger partial charge in [-0.25, -0.2) is 4.39 Å². The third-order valence-electron chi connectivity index (χ3n) is 4.16. The number of hydrogen-bond acceptors (Lipinski definition) is 3. The quantitative estimate of drug-likeness (QED) is 0.600. The summed E-state index contributed by atoms with van der Waals surface area (Å²) in [5.41, 5.74) is 1.26. The minimum atomic E-state index is -0.459. The van der Waals surface area contributed by atoms with Gasteiger partial charge >= 0.3 is 0 Å². The molecule has 0 aliphatic heterocycles. The van der Waals surface area contributed by atoms with Gasteiger partial charge in [0.1, 0.15) is 23.0 Å². The predicted octanol–water partition coefficient (Wildman–Crippen LogP) is 3.86. The van der Waals surface area contributed by atoms with Crippen LogP contribution < -0.4 is 10.6 Å². The van der Waals surface area contributed by atoms with Crippen molar-refractivity contribution in [2.75, 3.05) is 6.54 Å². The summed E-state index contributed by atoms with van der Waals surface area (Å²) in [5.74, 6) is -0.0412. The second kappa shape index (κ2) is 9.50. The minimum absolute atomic E-state index is 0.0624. The molecule has 6 heteroatoms. The van der Waals surface area contributed by atoms with E-state index in [0.29, 0.717) is 23.5 Å². The predicted molar refractivity (Wildman–Crippen MR) is 108 cm³/mol. The first kappa shape index (κ1) is 20.1. The van der Waals surface area contributed by atoms with Crippen LogP contribution in [0, 0.1) is 12.7 Å². The number of amides is 2. The summed E-state index contributed by atoms with van der Waals surface area (Å²) in [6, 6.07) is 18.3. The van der Waals surface area contributed by atoms with Crippen molar-refractivity contribution in [1.82, 2.24) is 10.6 Å². The molecule has 3 aromatic rings. The zero-order chi connectivity index (χ0) is 20.6. The summed E-state index contributed by atoms with van der Waals surface area (Å²) < 4.78 is 18.8. The molecule has 0 atom stereocenters. The number of nitrogens with one attached hydrogen (secondary N) is 2. The molecule has 5 nitrogen and oxygen atoms in total. The maximum Gasteiger partial charge on any atom is 0.267 e. The SMILES string of the molecule is Cc1ccc(C=C(NC(=O)c2ccccc2)C(=O)NCCc2cccc(F)c2)o1. The van der Waals surface area contributed by atoms with E-state index in [1.165, 1.54) is 18.2 Å². The summed E-state index contributed by atoms with van der Waals surface area (Å²) >= 11 is 0. The number of aryl methyl sites for hydroxylation is 1. The van der Waals surface area contributed by atoms with Gasteiger partial charge in [0.15, 0.2) is 0 Å². The number of benzene rings is 2. The van der Waals surface area contributed by atoms with Crippen molar-refractivity contribution in [3.63, 3.8) is 0 Å². The third-order valence-corrected chi connectivity index (χ3v) is 4.16. The maximum atomic E-state index is 13.3. The highest BCUT2D eigenvalue weighted by molar-refractivity contribution is 6.05. The molecule has 0 aliphatic rings. The Kier molecular flexibility index (Phi) is 6.58. The van der Waals surface area contributed by atoms with E-state index in [1.54, 1.807) is 61.5 Å². The summed E-state index contributed by atoms with van der Waals surface area (Å²) in [5, 5.41) is 5.39. The number of carbonyl (C=O) groups is 2. The fourth-order valence-electron chi connectivity index (χ4n) is 2.72. The monoisotopic (exact) mass is 392 g/mol. The van der Waals surface area contributed by atoms with E-state index < -0.39 is 11.8 Å². The molecule has 2 aromatic carbocycles. The molecule has 2 amide bonds. The lowest BCUT2D eigenvalue weighted by atomic mass is 10.1. The second-order valence-corrected chi connectivity index (χ2v) is 6.46. The molecule has 0 fully saturated rings. The molecular formula is C23H21FN2O3. The molecule has 29 heavy (non-hydrogen) atoms. The Morgan fingerprint density at radius 3 is 2.52 bits per heavy atom. The molecule has 3 rings (SSSR count). The standard InChI is InChI=1S/C23H21FN2O3/c1-16-10-11-20(29-16)15-21(26-22(27)18-7-3-2-4-8-18)23(28)25-13-12-17-6-5-9-19(24)14-17/h2-11,14-15H,12-13H2,1H3,(H,25,28)(H,26,27). The van der Waals surface area contributed by atoms with Crippen LogP contribution in [-0.4, -0.2) is 18.4 Å². The number of halogens is 1. The van der Waals surface area contributed by atoms with Crippen LogP contribution in [-0.2, 0) is 11.2 Å². The average Bonchev–Trinajstić information content (AvgIpc) is 3.13. The minimum Gasteiger partial charge on any atom is -0.462 e. The highest BCUT2D eigenvalue weighted by Crippen LogP contribution is 2.11. The smallest absolute Gasteiger partial charge is 0.267 e. The van der Waals surface area contributed by atoms with Crippen molar-refractivity contribution >= 4 is 17.9 Å². The third kappa shape index (κ3) is 5.90. The largest absolute Gasteiger partial charge is 0.462 e. The average molecular weight is 392 g/mol. The summed E-state index contributed by atoms with van der Waals surface area (Å²) in [6.45, 7) is 2.08. The van der Waals surface area contributed by atoms with Gasteiger partial charge in [0.05, 0.1) is 0 Å². The molecule has 0 saturated carbocycles. The molecule has 0 radical (unpaired) electrons. The highest BCUT2D eigenvalue weighted by atomic mass is 19.1. The van der Waals surface area contributed by atoms with Gasteiger partial charge < -0.3 is 15.1 Å². The van der Waals surface area contributed by atoms with Gasteiger partial charge in [-0.1, -0.05) is 30.3 Å². The van der Waals surface area contributed by atoms with Gasteiger partial charge in [0.25, 0.3) is 11.8 Å². The summed E-state index contributed by atoms with van der Waals surface area (Å²) in [6.07, 6.45) is 1.94. The Bertz CT molecular complexity index is 1030. The topological polar surface area (TPSA) is 71.3 Å². The molecule has 0 unspecified atom stereocenters. The fraction of sp³-hybridized carbons (Fsp3) is 0.130. The lowest BCUT2D eigenvalue weighted by Crippen LogP contribution is -2.35. The summed E-state index contributed by atoms with van der Waals surface area (Å²) in [7, 11) is 0. The Morgan fingerprint density at radius 1 is 1.03 bits per heavy atom. The molecule has 148 valence electrons. The van der Waals surface area contributed by atoms with Gasteiger partial charge in [-0.2, -0.15) is 0 Å². The van der Waals surface area contributed by atoms with E-state index >= 15 is 0 Å². The van der Waals surface area contributed by atoms with Crippen LogP contribution in [0.25, 0.3) is 6.08 Å². The molecule has 0 saturated heterocycles. The van der Waals surface area contributed by atoms with Crippen molar-refractivity contribution in [2.24, 2.45) is 0 Å². The van der Waals surface area contributed by atoms with Crippen LogP contribution in [0.3, 0.4) is 0 Å². The number of carbonyl (C=O) groups excluding carboxylic acids is 2. The van der Waals surface area contributed by atoms with Crippen molar-refractivity contribution in [3.8, 4) is 0 Å². The Balaban J connectivity index is 1.70. The zero-order valence-electron chi connectivity index (χ0n) is 15.9.